The lowest BCUT2D eigenvalue weighted by atomic mass is 9.80. The van der Waals surface area contributed by atoms with Crippen LogP contribution in [-0.4, -0.2) is 6.61 Å². The van der Waals surface area contributed by atoms with Crippen molar-refractivity contribution >= 4 is 0 Å². The van der Waals surface area contributed by atoms with Crippen LogP contribution in [0.1, 0.15) is 70.8 Å². The molecule has 0 saturated heterocycles. The largest absolute Gasteiger partial charge is 0.494 e. The molecule has 1 saturated carbocycles. The average Bonchev–Trinajstić information content (AvgIpc) is 2.59. The van der Waals surface area contributed by atoms with Crippen LogP contribution in [0.3, 0.4) is 0 Å². The highest BCUT2D eigenvalue weighted by molar-refractivity contribution is 5.27. The fraction of sp³-hybridized carbons (Fsp3) is 0.636. The van der Waals surface area contributed by atoms with Crippen LogP contribution in [0.15, 0.2) is 36.4 Å². The second-order valence-corrected chi connectivity index (χ2v) is 7.03. The molecule has 1 aromatic rings. The van der Waals surface area contributed by atoms with E-state index in [1.54, 1.807) is 0 Å². The molecular weight excluding hydrogens is 280 g/mol. The first-order valence-electron chi connectivity index (χ1n) is 9.70. The zero-order valence-corrected chi connectivity index (χ0v) is 15.1. The number of allylic oxidation sites excluding steroid dienone is 2. The van der Waals surface area contributed by atoms with E-state index in [4.69, 9.17) is 4.74 Å². The normalized spacial score (nSPS) is 21.7. The number of hydrogen-bond acceptors (Lipinski definition) is 1. The number of aryl methyl sites for hydroxylation is 1. The summed E-state index contributed by atoms with van der Waals surface area (Å²) in [6, 6.07) is 8.61. The molecule has 128 valence electrons. The Labute approximate surface area is 143 Å². The minimum atomic E-state index is 0.808. The van der Waals surface area contributed by atoms with E-state index in [0.29, 0.717) is 0 Å². The van der Waals surface area contributed by atoms with Gasteiger partial charge < -0.3 is 4.74 Å². The van der Waals surface area contributed by atoms with Crippen LogP contribution in [0.2, 0.25) is 0 Å². The van der Waals surface area contributed by atoms with E-state index in [1.165, 1.54) is 44.1 Å². The zero-order valence-electron chi connectivity index (χ0n) is 15.1. The van der Waals surface area contributed by atoms with E-state index in [9.17, 15) is 0 Å². The van der Waals surface area contributed by atoms with E-state index in [2.05, 4.69) is 50.3 Å². The van der Waals surface area contributed by atoms with E-state index >= 15 is 0 Å². The first-order valence-corrected chi connectivity index (χ1v) is 9.70. The Morgan fingerprint density at radius 3 is 2.39 bits per heavy atom. The van der Waals surface area contributed by atoms with Gasteiger partial charge in [0.05, 0.1) is 6.61 Å². The lowest BCUT2D eigenvalue weighted by molar-refractivity contribution is 0.294. The summed E-state index contributed by atoms with van der Waals surface area (Å²) in [6.45, 7) is 5.26. The van der Waals surface area contributed by atoms with Crippen molar-refractivity contribution in [3.05, 3.63) is 42.0 Å². The summed E-state index contributed by atoms with van der Waals surface area (Å²) in [5.74, 6) is 2.85. The Morgan fingerprint density at radius 2 is 1.74 bits per heavy atom. The molecule has 1 nitrogen and oxygen atoms in total. The maximum atomic E-state index is 5.63. The van der Waals surface area contributed by atoms with Gasteiger partial charge in [0.1, 0.15) is 5.75 Å². The van der Waals surface area contributed by atoms with Crippen molar-refractivity contribution in [1.29, 1.82) is 0 Å². The molecule has 0 atom stereocenters. The van der Waals surface area contributed by atoms with Crippen LogP contribution in [-0.2, 0) is 6.42 Å². The Morgan fingerprint density at radius 1 is 1.00 bits per heavy atom. The van der Waals surface area contributed by atoms with Crippen LogP contribution in [0.5, 0.6) is 5.75 Å². The third-order valence-corrected chi connectivity index (χ3v) is 4.99. The molecule has 23 heavy (non-hydrogen) atoms. The molecular formula is C22H34O. The molecule has 0 amide bonds. The maximum Gasteiger partial charge on any atom is 0.119 e. The summed E-state index contributed by atoms with van der Waals surface area (Å²) in [6.07, 6.45) is 16.8. The average molecular weight is 315 g/mol. The van der Waals surface area contributed by atoms with Crippen molar-refractivity contribution in [2.24, 2.45) is 11.8 Å². The van der Waals surface area contributed by atoms with Gasteiger partial charge in [-0.05, 0) is 74.5 Å². The molecule has 1 heteroatoms. The number of ether oxygens (including phenoxy) is 1. The van der Waals surface area contributed by atoms with Gasteiger partial charge in [-0.25, -0.2) is 0 Å². The van der Waals surface area contributed by atoms with Crippen LogP contribution in [0.25, 0.3) is 0 Å². The van der Waals surface area contributed by atoms with Crippen molar-refractivity contribution < 1.29 is 4.74 Å². The molecule has 0 radical (unpaired) electrons. The van der Waals surface area contributed by atoms with Gasteiger partial charge >= 0.3 is 0 Å². The highest BCUT2D eigenvalue weighted by Gasteiger charge is 2.18. The van der Waals surface area contributed by atoms with Crippen LogP contribution in [0.4, 0.5) is 0 Å². The molecule has 1 aliphatic carbocycles. The van der Waals surface area contributed by atoms with Crippen molar-refractivity contribution in [2.45, 2.75) is 71.6 Å². The molecule has 1 fully saturated rings. The number of hydrogen-bond donors (Lipinski definition) is 0. The first-order chi connectivity index (χ1) is 11.3. The van der Waals surface area contributed by atoms with Gasteiger partial charge in [0.2, 0.25) is 0 Å². The Hall–Kier alpha value is -1.24. The van der Waals surface area contributed by atoms with Gasteiger partial charge in [0, 0.05) is 0 Å². The lowest BCUT2D eigenvalue weighted by Crippen LogP contribution is -2.12. The maximum absolute atomic E-state index is 5.63. The molecule has 0 aliphatic heterocycles. The topological polar surface area (TPSA) is 9.23 Å². The second kappa shape index (κ2) is 10.5. The molecule has 0 bridgehead atoms. The van der Waals surface area contributed by atoms with E-state index in [0.717, 1.165) is 43.5 Å². The van der Waals surface area contributed by atoms with Gasteiger partial charge in [0.15, 0.2) is 0 Å². The monoisotopic (exact) mass is 314 g/mol. The third kappa shape index (κ3) is 6.81. The van der Waals surface area contributed by atoms with Gasteiger partial charge in [-0.2, -0.15) is 0 Å². The molecule has 0 N–H and O–H groups in total. The predicted octanol–water partition coefficient (Wildman–Crippen LogP) is 6.57. The molecule has 1 aromatic carbocycles. The van der Waals surface area contributed by atoms with E-state index < -0.39 is 0 Å². The minimum absolute atomic E-state index is 0.808. The quantitative estimate of drug-likeness (QED) is 0.468. The Balaban J connectivity index is 1.64. The summed E-state index contributed by atoms with van der Waals surface area (Å²) < 4.78 is 5.63. The third-order valence-electron chi connectivity index (χ3n) is 4.99. The van der Waals surface area contributed by atoms with Crippen molar-refractivity contribution in [2.75, 3.05) is 6.61 Å². The predicted molar refractivity (Wildman–Crippen MR) is 100 cm³/mol. The Bertz CT molecular complexity index is 438. The molecule has 0 spiro atoms. The van der Waals surface area contributed by atoms with Crippen molar-refractivity contribution in [3.8, 4) is 5.75 Å². The van der Waals surface area contributed by atoms with E-state index in [1.807, 2.05) is 0 Å². The summed E-state index contributed by atoms with van der Waals surface area (Å²) in [5, 5.41) is 0. The van der Waals surface area contributed by atoms with Crippen molar-refractivity contribution in [3.63, 3.8) is 0 Å². The SMILES string of the molecule is CCCOc1ccc(CCC=CC2CCC(CCC)CC2)cc1. The number of benzene rings is 1. The van der Waals surface area contributed by atoms with Crippen LogP contribution < -0.4 is 4.74 Å². The second-order valence-electron chi connectivity index (χ2n) is 7.03. The summed E-state index contributed by atoms with van der Waals surface area (Å²) in [7, 11) is 0. The zero-order chi connectivity index (χ0) is 16.3. The fourth-order valence-corrected chi connectivity index (χ4v) is 3.59. The standard InChI is InChI=1S/C22H34O/c1-3-7-19-10-12-20(13-11-19)8-5-6-9-21-14-16-22(17-15-21)23-18-4-2/h5,8,14-17,19-20H,3-4,6-7,9-13,18H2,1-2H3. The van der Waals surface area contributed by atoms with Crippen LogP contribution in [0, 0.1) is 11.8 Å². The Kier molecular flexibility index (Phi) is 8.28. The molecule has 0 unspecified atom stereocenters. The smallest absolute Gasteiger partial charge is 0.119 e. The summed E-state index contributed by atoms with van der Waals surface area (Å²) in [4.78, 5) is 0. The van der Waals surface area contributed by atoms with Gasteiger partial charge in [-0.1, -0.05) is 51.0 Å². The van der Waals surface area contributed by atoms with Gasteiger partial charge in [-0.15, -0.1) is 0 Å². The minimum Gasteiger partial charge on any atom is -0.494 e. The van der Waals surface area contributed by atoms with Gasteiger partial charge in [0.25, 0.3) is 0 Å². The van der Waals surface area contributed by atoms with Gasteiger partial charge in [-0.3, -0.25) is 0 Å². The summed E-state index contributed by atoms with van der Waals surface area (Å²) in [5.41, 5.74) is 1.41. The van der Waals surface area contributed by atoms with Crippen LogP contribution >= 0.6 is 0 Å². The summed E-state index contributed by atoms with van der Waals surface area (Å²) >= 11 is 0. The highest BCUT2D eigenvalue weighted by Crippen LogP contribution is 2.32. The molecule has 0 aromatic heterocycles. The van der Waals surface area contributed by atoms with Crippen molar-refractivity contribution in [1.82, 2.24) is 0 Å². The first kappa shape index (κ1) is 18.1. The fourth-order valence-electron chi connectivity index (χ4n) is 3.59. The molecule has 0 heterocycles. The highest BCUT2D eigenvalue weighted by atomic mass is 16.5. The molecule has 1 aliphatic rings. The van der Waals surface area contributed by atoms with E-state index in [-0.39, 0.29) is 0 Å². The molecule has 2 rings (SSSR count). The number of rotatable bonds is 9. The lowest BCUT2D eigenvalue weighted by Gasteiger charge is -2.26.